The maximum atomic E-state index is 12.6. The Morgan fingerprint density at radius 2 is 1.50 bits per heavy atom. The van der Waals surface area contributed by atoms with Gasteiger partial charge in [-0.1, -0.05) is 0 Å². The Labute approximate surface area is 166 Å². The van der Waals surface area contributed by atoms with Crippen molar-refractivity contribution in [2.24, 2.45) is 0 Å². The molecule has 0 unspecified atom stereocenters. The third-order valence-electron chi connectivity index (χ3n) is 5.33. The van der Waals surface area contributed by atoms with E-state index < -0.39 is 0 Å². The summed E-state index contributed by atoms with van der Waals surface area (Å²) in [5, 5.41) is 0. The van der Waals surface area contributed by atoms with Crippen molar-refractivity contribution in [3.05, 3.63) is 24.3 Å². The van der Waals surface area contributed by atoms with Crippen molar-refractivity contribution in [2.45, 2.75) is 6.92 Å². The summed E-state index contributed by atoms with van der Waals surface area (Å²) in [6, 6.07) is 8.09. The molecule has 3 rings (SSSR count). The summed E-state index contributed by atoms with van der Waals surface area (Å²) in [4.78, 5) is 32.4. The van der Waals surface area contributed by atoms with Crippen molar-refractivity contribution in [3.63, 3.8) is 0 Å². The number of hydrogen-bond donors (Lipinski definition) is 0. The van der Waals surface area contributed by atoms with Crippen LogP contribution in [-0.4, -0.2) is 99.3 Å². The minimum Gasteiger partial charge on any atom is -0.497 e. The van der Waals surface area contributed by atoms with Crippen molar-refractivity contribution < 1.29 is 19.1 Å². The van der Waals surface area contributed by atoms with Gasteiger partial charge in [0.2, 0.25) is 5.91 Å². The van der Waals surface area contributed by atoms with Crippen LogP contribution in [0.3, 0.4) is 0 Å². The average molecular weight is 390 g/mol. The van der Waals surface area contributed by atoms with Gasteiger partial charge in [-0.2, -0.15) is 0 Å². The van der Waals surface area contributed by atoms with Crippen LogP contribution in [0.25, 0.3) is 0 Å². The van der Waals surface area contributed by atoms with Crippen LogP contribution in [0.4, 0.5) is 10.5 Å². The van der Waals surface area contributed by atoms with Crippen molar-refractivity contribution in [3.8, 4) is 5.75 Å². The van der Waals surface area contributed by atoms with E-state index in [1.807, 2.05) is 17.0 Å². The molecule has 2 fully saturated rings. The van der Waals surface area contributed by atoms with E-state index in [4.69, 9.17) is 9.47 Å². The van der Waals surface area contributed by atoms with Gasteiger partial charge in [-0.05, 0) is 31.2 Å². The van der Waals surface area contributed by atoms with Crippen LogP contribution in [0.5, 0.6) is 5.75 Å². The molecule has 28 heavy (non-hydrogen) atoms. The number of hydrogen-bond acceptors (Lipinski definition) is 6. The summed E-state index contributed by atoms with van der Waals surface area (Å²) in [5.74, 6) is 0.998. The van der Waals surface area contributed by atoms with Crippen LogP contribution < -0.4 is 9.64 Å². The van der Waals surface area contributed by atoms with Gasteiger partial charge in [0.25, 0.3) is 0 Å². The summed E-state index contributed by atoms with van der Waals surface area (Å²) in [5.41, 5.74) is 1.18. The van der Waals surface area contributed by atoms with Gasteiger partial charge in [-0.3, -0.25) is 9.69 Å². The summed E-state index contributed by atoms with van der Waals surface area (Å²) in [6.45, 7) is 8.36. The highest BCUT2D eigenvalue weighted by Gasteiger charge is 2.27. The molecule has 0 radical (unpaired) electrons. The molecule has 0 atom stereocenters. The van der Waals surface area contributed by atoms with Gasteiger partial charge in [0.1, 0.15) is 5.75 Å². The Kier molecular flexibility index (Phi) is 6.97. The lowest BCUT2D eigenvalue weighted by molar-refractivity contribution is -0.134. The maximum absolute atomic E-state index is 12.6. The monoisotopic (exact) mass is 390 g/mol. The van der Waals surface area contributed by atoms with E-state index in [1.165, 1.54) is 5.69 Å². The Balaban J connectivity index is 1.41. The number of ether oxygens (including phenoxy) is 2. The molecule has 0 bridgehead atoms. The van der Waals surface area contributed by atoms with Crippen molar-refractivity contribution in [1.82, 2.24) is 14.7 Å². The van der Waals surface area contributed by atoms with Gasteiger partial charge in [0, 0.05) is 58.0 Å². The summed E-state index contributed by atoms with van der Waals surface area (Å²) in [6.07, 6.45) is -0.288. The van der Waals surface area contributed by atoms with Gasteiger partial charge in [-0.15, -0.1) is 0 Å². The number of amides is 2. The zero-order valence-corrected chi connectivity index (χ0v) is 16.8. The highest BCUT2D eigenvalue weighted by atomic mass is 16.6. The summed E-state index contributed by atoms with van der Waals surface area (Å²) in [7, 11) is 1.67. The second-order valence-corrected chi connectivity index (χ2v) is 7.03. The minimum absolute atomic E-state index is 0.140. The molecule has 2 aliphatic rings. The Morgan fingerprint density at radius 3 is 2.07 bits per heavy atom. The standard InChI is InChI=1S/C20H30N4O4/c1-3-28-20(26)24-14-12-23(13-15-24)19(25)16-21-8-10-22(11-9-21)17-4-6-18(27-2)7-5-17/h4-7H,3,8-16H2,1-2H3. The molecule has 2 amide bonds. The molecule has 0 aliphatic carbocycles. The number of methoxy groups -OCH3 is 1. The Hall–Kier alpha value is -2.48. The second kappa shape index (κ2) is 9.64. The number of rotatable bonds is 5. The first-order valence-electron chi connectivity index (χ1n) is 9.91. The first-order chi connectivity index (χ1) is 13.6. The molecular weight excluding hydrogens is 360 g/mol. The molecule has 1 aromatic carbocycles. The quantitative estimate of drug-likeness (QED) is 0.751. The van der Waals surface area contributed by atoms with Gasteiger partial charge in [0.05, 0.1) is 20.3 Å². The molecular formula is C20H30N4O4. The number of nitrogens with zero attached hydrogens (tertiary/aromatic N) is 4. The molecule has 1 aromatic rings. The van der Waals surface area contributed by atoms with E-state index in [-0.39, 0.29) is 12.0 Å². The number of anilines is 1. The lowest BCUT2D eigenvalue weighted by Crippen LogP contribution is -2.54. The molecule has 8 nitrogen and oxygen atoms in total. The van der Waals surface area contributed by atoms with Gasteiger partial charge < -0.3 is 24.2 Å². The number of carbonyl (C=O) groups excluding carboxylic acids is 2. The number of piperazine rings is 2. The minimum atomic E-state index is -0.288. The zero-order chi connectivity index (χ0) is 19.9. The molecule has 2 saturated heterocycles. The van der Waals surface area contributed by atoms with Crippen LogP contribution >= 0.6 is 0 Å². The lowest BCUT2D eigenvalue weighted by atomic mass is 10.2. The number of benzene rings is 1. The molecule has 0 spiro atoms. The van der Waals surface area contributed by atoms with Crippen LogP contribution in [0.1, 0.15) is 6.92 Å². The van der Waals surface area contributed by atoms with Gasteiger partial charge >= 0.3 is 6.09 Å². The van der Waals surface area contributed by atoms with E-state index in [1.54, 1.807) is 18.9 Å². The van der Waals surface area contributed by atoms with E-state index in [0.717, 1.165) is 31.9 Å². The molecule has 2 aliphatic heterocycles. The highest BCUT2D eigenvalue weighted by Crippen LogP contribution is 2.20. The van der Waals surface area contributed by atoms with E-state index in [9.17, 15) is 9.59 Å². The highest BCUT2D eigenvalue weighted by molar-refractivity contribution is 5.78. The van der Waals surface area contributed by atoms with E-state index in [0.29, 0.717) is 39.3 Å². The fraction of sp³-hybridized carbons (Fsp3) is 0.600. The van der Waals surface area contributed by atoms with Crippen molar-refractivity contribution >= 4 is 17.7 Å². The third kappa shape index (κ3) is 5.07. The topological polar surface area (TPSA) is 65.6 Å². The molecule has 0 N–H and O–H groups in total. The second-order valence-electron chi connectivity index (χ2n) is 7.03. The smallest absolute Gasteiger partial charge is 0.409 e. The summed E-state index contributed by atoms with van der Waals surface area (Å²) < 4.78 is 10.2. The van der Waals surface area contributed by atoms with Crippen LogP contribution in [0, 0.1) is 0 Å². The molecule has 2 heterocycles. The fourth-order valence-corrected chi connectivity index (χ4v) is 3.60. The fourth-order valence-electron chi connectivity index (χ4n) is 3.60. The third-order valence-corrected chi connectivity index (χ3v) is 5.33. The normalized spacial score (nSPS) is 18.1. The zero-order valence-electron chi connectivity index (χ0n) is 16.8. The molecule has 154 valence electrons. The van der Waals surface area contributed by atoms with Crippen LogP contribution in [-0.2, 0) is 9.53 Å². The molecule has 0 aromatic heterocycles. The Bertz CT molecular complexity index is 651. The predicted octanol–water partition coefficient (Wildman–Crippen LogP) is 1.12. The van der Waals surface area contributed by atoms with Crippen molar-refractivity contribution in [1.29, 1.82) is 0 Å². The first-order valence-corrected chi connectivity index (χ1v) is 9.91. The molecule has 0 saturated carbocycles. The largest absolute Gasteiger partial charge is 0.497 e. The Morgan fingerprint density at radius 1 is 0.893 bits per heavy atom. The van der Waals surface area contributed by atoms with Gasteiger partial charge in [0.15, 0.2) is 0 Å². The average Bonchev–Trinajstić information content (AvgIpc) is 2.74. The lowest BCUT2D eigenvalue weighted by Gasteiger charge is -2.38. The number of carbonyl (C=O) groups is 2. The molecule has 8 heteroatoms. The summed E-state index contributed by atoms with van der Waals surface area (Å²) >= 11 is 0. The van der Waals surface area contributed by atoms with Crippen LogP contribution in [0.15, 0.2) is 24.3 Å². The van der Waals surface area contributed by atoms with E-state index >= 15 is 0 Å². The SMILES string of the molecule is CCOC(=O)N1CCN(C(=O)CN2CCN(c3ccc(OC)cc3)CC2)CC1. The predicted molar refractivity (Wildman–Crippen MR) is 107 cm³/mol. The van der Waals surface area contributed by atoms with Crippen LogP contribution in [0.2, 0.25) is 0 Å². The van der Waals surface area contributed by atoms with Crippen molar-refractivity contribution in [2.75, 3.05) is 77.5 Å². The van der Waals surface area contributed by atoms with Gasteiger partial charge in [-0.25, -0.2) is 4.79 Å². The van der Waals surface area contributed by atoms with E-state index in [2.05, 4.69) is 21.9 Å². The maximum Gasteiger partial charge on any atom is 0.409 e. The first kappa shape index (κ1) is 20.3.